The number of ether oxygens (including phenoxy) is 4. The third kappa shape index (κ3) is 4.06. The van der Waals surface area contributed by atoms with Crippen LogP contribution in [0.2, 0.25) is 0 Å². The molecule has 7 nitrogen and oxygen atoms in total. The molecule has 0 unspecified atom stereocenters. The Morgan fingerprint density at radius 2 is 1.77 bits per heavy atom. The molecule has 30 heavy (non-hydrogen) atoms. The van der Waals surface area contributed by atoms with Gasteiger partial charge in [-0.3, -0.25) is 4.79 Å². The van der Waals surface area contributed by atoms with Crippen LogP contribution in [-0.2, 0) is 4.74 Å². The molecule has 1 heterocycles. The van der Waals surface area contributed by atoms with Crippen molar-refractivity contribution in [3.05, 3.63) is 53.6 Å². The molecule has 1 N–H and O–H groups in total. The molecule has 1 amide bonds. The summed E-state index contributed by atoms with van der Waals surface area (Å²) in [4.78, 5) is 25.9. The third-order valence-corrected chi connectivity index (χ3v) is 5.57. The average molecular weight is 411 g/mol. The first-order valence-corrected chi connectivity index (χ1v) is 10.1. The minimum atomic E-state index is -1.13. The van der Waals surface area contributed by atoms with Crippen LogP contribution in [0.25, 0.3) is 0 Å². The minimum Gasteiger partial charge on any atom is -0.497 e. The molecule has 2 aromatic carbocycles. The lowest BCUT2D eigenvalue weighted by atomic mass is 9.93. The van der Waals surface area contributed by atoms with Crippen molar-refractivity contribution in [1.29, 1.82) is 0 Å². The van der Waals surface area contributed by atoms with Gasteiger partial charge in [-0.2, -0.15) is 0 Å². The second kappa shape index (κ2) is 8.65. The maximum absolute atomic E-state index is 13.3. The topological polar surface area (TPSA) is 83.1 Å². The molecular weight excluding hydrogens is 386 g/mol. The van der Waals surface area contributed by atoms with Crippen molar-refractivity contribution in [3.63, 3.8) is 0 Å². The summed E-state index contributed by atoms with van der Waals surface area (Å²) in [6, 6.07) is 12.3. The number of hydrogen-bond acceptors (Lipinski definition) is 6. The van der Waals surface area contributed by atoms with E-state index >= 15 is 0 Å². The van der Waals surface area contributed by atoms with E-state index in [9.17, 15) is 9.59 Å². The number of carbonyl (C=O) groups excluding carboxylic acids is 2. The summed E-state index contributed by atoms with van der Waals surface area (Å²) in [6.07, 6.45) is 1.48. The Bertz CT molecular complexity index is 937. The van der Waals surface area contributed by atoms with Crippen LogP contribution in [0.15, 0.2) is 42.5 Å². The van der Waals surface area contributed by atoms with E-state index < -0.39 is 18.3 Å². The number of Topliss-reactive ketones (excluding diaryl/α,β-unsaturated/α-hetero) is 1. The molecule has 2 aromatic rings. The van der Waals surface area contributed by atoms with Gasteiger partial charge in [-0.25, -0.2) is 4.79 Å². The Morgan fingerprint density at radius 3 is 2.50 bits per heavy atom. The van der Waals surface area contributed by atoms with E-state index in [1.165, 1.54) is 7.11 Å². The van der Waals surface area contributed by atoms with Crippen molar-refractivity contribution in [2.24, 2.45) is 0 Å². The standard InChI is InChI=1S/C23H25NO6/c1-27-16-9-5-6-14(12-16)21-22(30-23(26)24-15-7-3-4-8-15)20(25)18-13-17(28-2)10-11-19(18)29-21/h5-6,9-13,15,21-22H,3-4,7-8H2,1-2H3,(H,24,26)/t21-,22+/m0/s1. The second-order valence-corrected chi connectivity index (χ2v) is 7.49. The van der Waals surface area contributed by atoms with Crippen LogP contribution < -0.4 is 19.5 Å². The molecule has 0 bridgehead atoms. The van der Waals surface area contributed by atoms with Crippen LogP contribution in [0.4, 0.5) is 4.79 Å². The number of fused-ring (bicyclic) bond motifs is 1. The van der Waals surface area contributed by atoms with Crippen molar-refractivity contribution < 1.29 is 28.5 Å². The number of methoxy groups -OCH3 is 2. The van der Waals surface area contributed by atoms with Gasteiger partial charge in [0, 0.05) is 11.6 Å². The number of carbonyl (C=O) groups is 2. The van der Waals surface area contributed by atoms with Crippen molar-refractivity contribution >= 4 is 11.9 Å². The molecule has 1 saturated carbocycles. The predicted octanol–water partition coefficient (Wildman–Crippen LogP) is 4.06. The molecule has 0 spiro atoms. The van der Waals surface area contributed by atoms with Gasteiger partial charge in [0.25, 0.3) is 0 Å². The number of ketones is 1. The highest BCUT2D eigenvalue weighted by molar-refractivity contribution is 6.04. The Morgan fingerprint density at radius 1 is 1.03 bits per heavy atom. The highest BCUT2D eigenvalue weighted by Crippen LogP contribution is 2.39. The second-order valence-electron chi connectivity index (χ2n) is 7.49. The highest BCUT2D eigenvalue weighted by atomic mass is 16.6. The number of amides is 1. The lowest BCUT2D eigenvalue weighted by Crippen LogP contribution is -2.43. The highest BCUT2D eigenvalue weighted by Gasteiger charge is 2.42. The maximum Gasteiger partial charge on any atom is 0.408 e. The number of rotatable bonds is 5. The van der Waals surface area contributed by atoms with Crippen LogP contribution in [-0.4, -0.2) is 38.2 Å². The zero-order chi connectivity index (χ0) is 21.1. The molecule has 1 fully saturated rings. The lowest BCUT2D eigenvalue weighted by Gasteiger charge is -2.32. The fourth-order valence-corrected chi connectivity index (χ4v) is 3.98. The molecule has 0 saturated heterocycles. The molecule has 2 atom stereocenters. The summed E-state index contributed by atoms with van der Waals surface area (Å²) in [5, 5.41) is 2.87. The zero-order valence-electron chi connectivity index (χ0n) is 17.1. The fourth-order valence-electron chi connectivity index (χ4n) is 3.98. The van der Waals surface area contributed by atoms with Crippen LogP contribution in [0.5, 0.6) is 17.2 Å². The van der Waals surface area contributed by atoms with E-state index in [1.807, 2.05) is 6.07 Å². The molecular formula is C23H25NO6. The van der Waals surface area contributed by atoms with Gasteiger partial charge in [-0.1, -0.05) is 25.0 Å². The predicted molar refractivity (Wildman–Crippen MR) is 109 cm³/mol. The number of benzene rings is 2. The lowest BCUT2D eigenvalue weighted by molar-refractivity contribution is 0.00819. The summed E-state index contributed by atoms with van der Waals surface area (Å²) in [5.74, 6) is 1.24. The van der Waals surface area contributed by atoms with E-state index in [1.54, 1.807) is 43.5 Å². The third-order valence-electron chi connectivity index (χ3n) is 5.57. The van der Waals surface area contributed by atoms with Gasteiger partial charge in [0.1, 0.15) is 17.2 Å². The van der Waals surface area contributed by atoms with E-state index in [0.29, 0.717) is 28.4 Å². The maximum atomic E-state index is 13.3. The summed E-state index contributed by atoms with van der Waals surface area (Å²) < 4.78 is 22.3. The normalized spacial score (nSPS) is 20.8. The first kappa shape index (κ1) is 20.1. The van der Waals surface area contributed by atoms with Crippen LogP contribution in [0.3, 0.4) is 0 Å². The zero-order valence-corrected chi connectivity index (χ0v) is 17.1. The minimum absolute atomic E-state index is 0.0831. The van der Waals surface area contributed by atoms with Crippen LogP contribution >= 0.6 is 0 Å². The fraction of sp³-hybridized carbons (Fsp3) is 0.391. The largest absolute Gasteiger partial charge is 0.497 e. The molecule has 1 aliphatic carbocycles. The van der Waals surface area contributed by atoms with Gasteiger partial charge < -0.3 is 24.3 Å². The van der Waals surface area contributed by atoms with Crippen LogP contribution in [0.1, 0.15) is 47.7 Å². The summed E-state index contributed by atoms with van der Waals surface area (Å²) in [5.41, 5.74) is 1.01. The SMILES string of the molecule is COc1cccc([C@@H]2Oc3ccc(OC)cc3C(=O)[C@H]2OC(=O)NC2CCCC2)c1. The van der Waals surface area contributed by atoms with Crippen molar-refractivity contribution in [2.45, 2.75) is 43.9 Å². The monoisotopic (exact) mass is 411 g/mol. The van der Waals surface area contributed by atoms with Gasteiger partial charge >= 0.3 is 6.09 Å². The number of alkyl carbamates (subject to hydrolysis) is 1. The van der Waals surface area contributed by atoms with Gasteiger partial charge in [-0.15, -0.1) is 0 Å². The van der Waals surface area contributed by atoms with Crippen molar-refractivity contribution in [3.8, 4) is 17.2 Å². The summed E-state index contributed by atoms with van der Waals surface area (Å²) >= 11 is 0. The smallest absolute Gasteiger partial charge is 0.408 e. The molecule has 4 rings (SSSR count). The van der Waals surface area contributed by atoms with Gasteiger partial charge in [0.2, 0.25) is 11.9 Å². The van der Waals surface area contributed by atoms with Crippen molar-refractivity contribution in [1.82, 2.24) is 5.32 Å². The van der Waals surface area contributed by atoms with Crippen molar-refractivity contribution in [2.75, 3.05) is 14.2 Å². The molecule has 2 aliphatic rings. The molecule has 0 aromatic heterocycles. The number of hydrogen-bond donors (Lipinski definition) is 1. The van der Waals surface area contributed by atoms with Crippen LogP contribution in [0, 0.1) is 0 Å². The summed E-state index contributed by atoms with van der Waals surface area (Å²) in [6.45, 7) is 0. The Labute approximate surface area is 175 Å². The van der Waals surface area contributed by atoms with E-state index in [0.717, 1.165) is 25.7 Å². The first-order chi connectivity index (χ1) is 14.6. The average Bonchev–Trinajstić information content (AvgIpc) is 3.28. The Balaban J connectivity index is 1.65. The van der Waals surface area contributed by atoms with E-state index in [2.05, 4.69) is 5.32 Å². The summed E-state index contributed by atoms with van der Waals surface area (Å²) in [7, 11) is 3.09. The first-order valence-electron chi connectivity index (χ1n) is 10.1. The Hall–Kier alpha value is -3.22. The quantitative estimate of drug-likeness (QED) is 0.799. The van der Waals surface area contributed by atoms with E-state index in [-0.39, 0.29) is 11.8 Å². The van der Waals surface area contributed by atoms with Gasteiger partial charge in [0.05, 0.1) is 19.8 Å². The molecule has 1 aliphatic heterocycles. The number of nitrogens with one attached hydrogen (secondary N) is 1. The molecule has 7 heteroatoms. The van der Waals surface area contributed by atoms with Gasteiger partial charge in [-0.05, 0) is 43.2 Å². The van der Waals surface area contributed by atoms with Gasteiger partial charge in [0.15, 0.2) is 6.10 Å². The molecule has 158 valence electrons. The van der Waals surface area contributed by atoms with E-state index in [4.69, 9.17) is 18.9 Å². The Kier molecular flexibility index (Phi) is 5.79. The molecule has 0 radical (unpaired) electrons.